The minimum atomic E-state index is -4.58. The first-order chi connectivity index (χ1) is 44.9. The van der Waals surface area contributed by atoms with Crippen LogP contribution in [0.3, 0.4) is 0 Å². The van der Waals surface area contributed by atoms with Crippen molar-refractivity contribution in [3.8, 4) is 5.75 Å². The Morgan fingerprint density at radius 2 is 0.810 bits per heavy atom. The highest BCUT2D eigenvalue weighted by Crippen LogP contribution is 2.27. The second kappa shape index (κ2) is 36.6. The number of nitrogens with two attached hydrogens (primary N) is 1. The zero-order valence-corrected chi connectivity index (χ0v) is 64.9. The van der Waals surface area contributed by atoms with Crippen molar-refractivity contribution in [2.75, 3.05) is 0 Å². The molecule has 7 N–H and O–H groups in total. The van der Waals surface area contributed by atoms with E-state index in [9.17, 15) is 55.7 Å². The van der Waals surface area contributed by atoms with E-state index in [-0.39, 0.29) is 41.4 Å². The Balaban J connectivity index is 0.000000789. The highest BCUT2D eigenvalue weighted by Gasteiger charge is 2.40. The van der Waals surface area contributed by atoms with Crippen molar-refractivity contribution >= 4 is 62.3 Å². The molecular formula is C64H111N11O23S2. The Hall–Kier alpha value is -7.22. The van der Waals surface area contributed by atoms with Crippen molar-refractivity contribution in [1.29, 1.82) is 0 Å². The fourth-order valence-electron chi connectivity index (χ4n) is 7.99. The quantitative estimate of drug-likeness (QED) is 0.0179. The first kappa shape index (κ1) is 90.8. The summed E-state index contributed by atoms with van der Waals surface area (Å²) in [6.07, 6.45) is -2.92. The van der Waals surface area contributed by atoms with Crippen LogP contribution >= 0.6 is 0 Å². The third-order valence-corrected chi connectivity index (χ3v) is 13.5. The van der Waals surface area contributed by atoms with Crippen molar-refractivity contribution in [2.45, 2.75) is 313 Å². The monoisotopic (exact) mass is 1470 g/mol. The van der Waals surface area contributed by atoms with Crippen LogP contribution in [0.2, 0.25) is 0 Å². The van der Waals surface area contributed by atoms with E-state index in [2.05, 4.69) is 45.2 Å². The fraction of sp³-hybridized carbons (Fsp3) is 0.750. The number of esters is 4. The number of nitro groups is 1. The third kappa shape index (κ3) is 39.1. The van der Waals surface area contributed by atoms with Gasteiger partial charge < -0.3 is 67.3 Å². The molecule has 0 saturated carbocycles. The topological polar surface area (TPSA) is 461 Å². The van der Waals surface area contributed by atoms with Crippen molar-refractivity contribution in [1.82, 2.24) is 45.2 Å². The van der Waals surface area contributed by atoms with Crippen LogP contribution in [0.5, 0.6) is 5.75 Å². The van der Waals surface area contributed by atoms with Gasteiger partial charge in [0.1, 0.15) is 69.6 Å². The average molecular weight is 1470 g/mol. The Morgan fingerprint density at radius 1 is 0.480 bits per heavy atom. The molecule has 0 bridgehead atoms. The molecule has 3 aromatic rings. The number of nitrogens with one attached hydrogen (secondary N) is 5. The summed E-state index contributed by atoms with van der Waals surface area (Å²) in [5.74, 6) is -3.08. The first-order valence-corrected chi connectivity index (χ1v) is 35.2. The fourth-order valence-corrected chi connectivity index (χ4v) is 10.3. The maximum atomic E-state index is 13.5. The Morgan fingerprint density at radius 3 is 1.15 bits per heavy atom. The molecular weight excluding hydrogens is 1350 g/mol. The zero-order chi connectivity index (χ0) is 77.9. The minimum Gasteiger partial charge on any atom is -0.460 e. The molecule has 2 aromatic heterocycles. The van der Waals surface area contributed by atoms with Crippen LogP contribution in [0.1, 0.15) is 267 Å². The standard InChI is InChI=1S/C29H53N5O10S.C18H28N2O8S.C17H30N4O5/c1-15-18(30-25(37)44-29(12,13)14)22-31-32-23(40-22)19(16-20(35)42-27(6,7)8)33-45(38,39)34-21(17(2)41-26(3,4)5)24(36)43-28(9,10)11;1-12(26-17(2,3)4)15(16(21)27-18(5,6)7)19-29(24,25)28-14-10-8-13(9-11-14)20(22)23;1-8-11(19-15(23)26-17(5,6)7)14-21-20-13(24-14)10(18)9-12(22)25-16(2,3)4/h17-19,21,33-34H,15-16H2,1-14H3,(H,30,37);8-12,15,19H,1-7H3;10-11H,8-9,18H2,1-7H3,(H,19,23)/t17?,18-,19-,21-;12?,15-;10-,11-/m000/s1. The first-order valence-electron chi connectivity index (χ1n) is 32.3. The number of hydrogen-bond acceptors (Lipinski definition) is 28. The van der Waals surface area contributed by atoms with E-state index in [4.69, 9.17) is 56.6 Å². The predicted octanol–water partition coefficient (Wildman–Crippen LogP) is 9.66. The number of amides is 2. The minimum absolute atomic E-state index is 0.0430. The molecule has 0 aliphatic rings. The van der Waals surface area contributed by atoms with E-state index in [0.717, 1.165) is 24.3 Å². The van der Waals surface area contributed by atoms with Crippen LogP contribution in [-0.2, 0) is 77.6 Å². The van der Waals surface area contributed by atoms with Gasteiger partial charge in [-0.2, -0.15) is 31.0 Å². The van der Waals surface area contributed by atoms with Crippen LogP contribution in [-0.4, -0.2) is 147 Å². The molecule has 0 aliphatic heterocycles. The van der Waals surface area contributed by atoms with E-state index in [0.29, 0.717) is 12.8 Å². The summed E-state index contributed by atoms with van der Waals surface area (Å²) in [6.45, 7) is 47.9. The summed E-state index contributed by atoms with van der Waals surface area (Å²) in [4.78, 5) is 84.7. The lowest BCUT2D eigenvalue weighted by Crippen LogP contribution is -2.55. The molecule has 2 amide bonds. The van der Waals surface area contributed by atoms with Gasteiger partial charge >= 0.3 is 46.4 Å². The number of nitrogens with zero attached hydrogens (tertiary/aromatic N) is 5. The van der Waals surface area contributed by atoms with Crippen molar-refractivity contribution in [3.05, 3.63) is 57.9 Å². The maximum absolute atomic E-state index is 13.5. The molecule has 0 radical (unpaired) electrons. The van der Waals surface area contributed by atoms with Gasteiger partial charge in [-0.1, -0.05) is 13.8 Å². The number of carbonyl (C=O) groups is 6. The normalized spacial score (nSPS) is 15.2. The lowest BCUT2D eigenvalue weighted by atomic mass is 10.1. The molecule has 0 saturated heterocycles. The van der Waals surface area contributed by atoms with E-state index in [1.807, 2.05) is 6.92 Å². The zero-order valence-electron chi connectivity index (χ0n) is 63.3. The van der Waals surface area contributed by atoms with Gasteiger partial charge in [0.15, 0.2) is 0 Å². The Kier molecular flexibility index (Phi) is 33.2. The molecule has 36 heteroatoms. The molecule has 0 fully saturated rings. The Labute approximate surface area is 588 Å². The molecule has 100 heavy (non-hydrogen) atoms. The molecule has 34 nitrogen and oxygen atoms in total. The van der Waals surface area contributed by atoms with Crippen molar-refractivity contribution in [2.24, 2.45) is 5.73 Å². The van der Waals surface area contributed by atoms with E-state index in [1.54, 1.807) is 173 Å². The summed E-state index contributed by atoms with van der Waals surface area (Å²) in [6, 6.07) is -1.88. The molecule has 1 aromatic carbocycles. The number of non-ortho nitro benzene ring substituents is 1. The molecule has 2 heterocycles. The smallest absolute Gasteiger partial charge is 0.408 e. The largest absolute Gasteiger partial charge is 0.460 e. The molecule has 0 aliphatic carbocycles. The van der Waals surface area contributed by atoms with Crippen LogP contribution in [0.4, 0.5) is 15.3 Å². The lowest BCUT2D eigenvalue weighted by molar-refractivity contribution is -0.384. The van der Waals surface area contributed by atoms with Gasteiger partial charge in [0.25, 0.3) is 15.9 Å². The van der Waals surface area contributed by atoms with Crippen LogP contribution < -0.4 is 34.7 Å². The third-order valence-electron chi connectivity index (χ3n) is 11.4. The van der Waals surface area contributed by atoms with Gasteiger partial charge in [0, 0.05) is 12.1 Å². The number of rotatable bonds is 27. The summed E-state index contributed by atoms with van der Waals surface area (Å²) in [5, 5.41) is 31.7. The second-order valence-electron chi connectivity index (χ2n) is 30.9. The summed E-state index contributed by atoms with van der Waals surface area (Å²) in [5.41, 5.74) is -0.240. The number of carbonyl (C=O) groups excluding carboxylic acids is 6. The lowest BCUT2D eigenvalue weighted by Gasteiger charge is -2.32. The van der Waals surface area contributed by atoms with Gasteiger partial charge in [-0.15, -0.1) is 20.4 Å². The van der Waals surface area contributed by atoms with E-state index >= 15 is 0 Å². The Bertz CT molecular complexity index is 3380. The van der Waals surface area contributed by atoms with Gasteiger partial charge in [-0.3, -0.25) is 29.3 Å². The number of nitro benzene ring substituents is 1. The number of benzene rings is 1. The molecule has 0 spiro atoms. The van der Waals surface area contributed by atoms with Crippen LogP contribution in [0.15, 0.2) is 33.1 Å². The van der Waals surface area contributed by atoms with Gasteiger partial charge in [-0.05, 0) is 205 Å². The van der Waals surface area contributed by atoms with E-state index in [1.165, 1.54) is 13.8 Å². The summed E-state index contributed by atoms with van der Waals surface area (Å²) < 4.78 is 118. The van der Waals surface area contributed by atoms with Gasteiger partial charge in [0.05, 0.1) is 47.2 Å². The van der Waals surface area contributed by atoms with Crippen LogP contribution in [0.25, 0.3) is 0 Å². The number of ether oxygens (including phenoxy) is 8. The number of aromatic nitrogens is 4. The van der Waals surface area contributed by atoms with Crippen molar-refractivity contribution in [3.63, 3.8) is 0 Å². The SMILES string of the molecule is CC(OC(C)(C)C)[C@H](NS(=O)(=O)Oc1ccc([N+](=O)[O-])cc1)C(=O)OC(C)(C)C.CC[C@H](NC(=O)OC(C)(C)C)c1nnc([C@@H](N)CC(=O)OC(C)(C)C)o1.CC[C@H](NC(=O)OC(C)(C)C)c1nnc([C@H](CC(=O)OC(C)(C)C)NS(=O)(=O)N[C@H](C(=O)OC(C)(C)C)C(C)OC(C)(C)C)o1. The van der Waals surface area contributed by atoms with Crippen LogP contribution in [0, 0.1) is 10.1 Å². The van der Waals surface area contributed by atoms with E-state index < -0.39 is 161 Å². The number of alkyl carbamates (subject to hydrolysis) is 2. The average Bonchev–Trinajstić information content (AvgIpc) is 1.34. The maximum Gasteiger partial charge on any atom is 0.408 e. The molecule has 572 valence electrons. The molecule has 2 unspecified atom stereocenters. The molecule has 8 atom stereocenters. The van der Waals surface area contributed by atoms with Crippen molar-refractivity contribution < 1.29 is 101 Å². The molecule has 3 rings (SSSR count). The second-order valence-corrected chi connectivity index (χ2v) is 33.7. The highest BCUT2D eigenvalue weighted by atomic mass is 32.2. The predicted molar refractivity (Wildman–Crippen MR) is 365 cm³/mol. The summed E-state index contributed by atoms with van der Waals surface area (Å²) >= 11 is 0. The highest BCUT2D eigenvalue weighted by molar-refractivity contribution is 7.87. The summed E-state index contributed by atoms with van der Waals surface area (Å²) in [7, 11) is -9.05. The van der Waals surface area contributed by atoms with Gasteiger partial charge in [-0.25, -0.2) is 9.59 Å². The number of hydrogen-bond donors (Lipinski definition) is 6. The van der Waals surface area contributed by atoms with Gasteiger partial charge in [0.2, 0.25) is 23.6 Å².